The molecule has 3 aromatic carbocycles. The number of rotatable bonds is 8. The van der Waals surface area contributed by atoms with Gasteiger partial charge in [0.15, 0.2) is 5.13 Å². The van der Waals surface area contributed by atoms with Crippen LogP contribution in [0.1, 0.15) is 11.1 Å². The van der Waals surface area contributed by atoms with E-state index in [1.54, 1.807) is 0 Å². The number of carbonyl (C=O) groups excluding carboxylic acids is 1. The number of hydrogen-bond donors (Lipinski definition) is 1. The number of hydrogen-bond acceptors (Lipinski definition) is 4. The van der Waals surface area contributed by atoms with Crippen LogP contribution >= 0.6 is 11.3 Å². The van der Waals surface area contributed by atoms with Crippen molar-refractivity contribution < 1.29 is 4.79 Å². The van der Waals surface area contributed by atoms with E-state index in [1.165, 1.54) is 22.5 Å². The van der Waals surface area contributed by atoms with Gasteiger partial charge in [-0.25, -0.2) is 4.98 Å². The lowest BCUT2D eigenvalue weighted by molar-refractivity contribution is -0.117. The van der Waals surface area contributed by atoms with Crippen molar-refractivity contribution in [1.29, 1.82) is 0 Å². The summed E-state index contributed by atoms with van der Waals surface area (Å²) < 4.78 is 0. The summed E-state index contributed by atoms with van der Waals surface area (Å²) in [4.78, 5) is 19.5. The van der Waals surface area contributed by atoms with Crippen LogP contribution in [-0.2, 0) is 17.9 Å². The van der Waals surface area contributed by atoms with Crippen LogP contribution in [0.5, 0.6) is 0 Å². The van der Waals surface area contributed by atoms with Gasteiger partial charge in [0.25, 0.3) is 0 Å². The summed E-state index contributed by atoms with van der Waals surface area (Å²) in [5.74, 6) is -0.0594. The zero-order valence-corrected chi connectivity index (χ0v) is 17.4. The van der Waals surface area contributed by atoms with Crippen molar-refractivity contribution in [2.75, 3.05) is 11.9 Å². The van der Waals surface area contributed by atoms with Gasteiger partial charge in [0.2, 0.25) is 5.91 Å². The third-order valence-electron chi connectivity index (χ3n) is 4.69. The molecule has 5 heteroatoms. The number of benzene rings is 3. The summed E-state index contributed by atoms with van der Waals surface area (Å²) in [6, 6.07) is 30.4. The summed E-state index contributed by atoms with van der Waals surface area (Å²) >= 11 is 1.45. The standard InChI is InChI=1S/C25H23N3OS/c29-24(27-25-26-23(19-30-25)22-14-8-3-9-15-22)18-28(16-20-10-4-1-5-11-20)17-21-12-6-2-7-13-21/h1-15,19H,16-18H2,(H,26,27,29). The second kappa shape index (κ2) is 9.96. The molecule has 4 nitrogen and oxygen atoms in total. The van der Waals surface area contributed by atoms with Gasteiger partial charge in [-0.3, -0.25) is 9.69 Å². The quantitative estimate of drug-likeness (QED) is 0.418. The van der Waals surface area contributed by atoms with Gasteiger partial charge in [0.1, 0.15) is 0 Å². The minimum absolute atomic E-state index is 0.0594. The van der Waals surface area contributed by atoms with Crippen LogP contribution in [0.2, 0.25) is 0 Å². The molecule has 0 atom stereocenters. The first kappa shape index (κ1) is 20.0. The number of carbonyl (C=O) groups is 1. The van der Waals surface area contributed by atoms with E-state index in [4.69, 9.17) is 0 Å². The molecule has 0 spiro atoms. The number of amides is 1. The van der Waals surface area contributed by atoms with Crippen molar-refractivity contribution in [3.05, 3.63) is 108 Å². The molecule has 0 bridgehead atoms. The normalized spacial score (nSPS) is 10.8. The van der Waals surface area contributed by atoms with Gasteiger partial charge in [0, 0.05) is 24.0 Å². The Labute approximate surface area is 180 Å². The Kier molecular flexibility index (Phi) is 6.65. The fourth-order valence-electron chi connectivity index (χ4n) is 3.29. The topological polar surface area (TPSA) is 45.2 Å². The number of thiazole rings is 1. The molecule has 4 aromatic rings. The second-order valence-corrected chi connectivity index (χ2v) is 7.93. The van der Waals surface area contributed by atoms with E-state index in [2.05, 4.69) is 39.5 Å². The van der Waals surface area contributed by atoms with Crippen LogP contribution in [-0.4, -0.2) is 22.3 Å². The molecule has 0 unspecified atom stereocenters. The van der Waals surface area contributed by atoms with E-state index in [9.17, 15) is 4.79 Å². The SMILES string of the molecule is O=C(CN(Cc1ccccc1)Cc1ccccc1)Nc1nc(-c2ccccc2)cs1. The zero-order valence-electron chi connectivity index (χ0n) is 16.6. The highest BCUT2D eigenvalue weighted by molar-refractivity contribution is 7.14. The summed E-state index contributed by atoms with van der Waals surface area (Å²) in [5, 5.41) is 5.55. The van der Waals surface area contributed by atoms with E-state index in [1.807, 2.05) is 72.1 Å². The van der Waals surface area contributed by atoms with Gasteiger partial charge in [-0.2, -0.15) is 0 Å². The number of anilines is 1. The molecule has 1 aromatic heterocycles. The van der Waals surface area contributed by atoms with Crippen LogP contribution in [0.25, 0.3) is 11.3 Å². The van der Waals surface area contributed by atoms with Gasteiger partial charge in [-0.05, 0) is 11.1 Å². The highest BCUT2D eigenvalue weighted by atomic mass is 32.1. The number of nitrogens with zero attached hydrogens (tertiary/aromatic N) is 2. The molecule has 4 rings (SSSR count). The summed E-state index contributed by atoms with van der Waals surface area (Å²) in [7, 11) is 0. The average Bonchev–Trinajstić information content (AvgIpc) is 3.24. The Morgan fingerprint density at radius 1 is 0.800 bits per heavy atom. The van der Waals surface area contributed by atoms with Crippen molar-refractivity contribution in [2.24, 2.45) is 0 Å². The third kappa shape index (κ3) is 5.63. The molecule has 150 valence electrons. The van der Waals surface area contributed by atoms with Crippen LogP contribution < -0.4 is 5.32 Å². The molecule has 0 aliphatic carbocycles. The predicted octanol–water partition coefficient (Wildman–Crippen LogP) is 5.45. The maximum absolute atomic E-state index is 12.8. The molecule has 0 radical (unpaired) electrons. The molecule has 1 heterocycles. The molecule has 0 aliphatic rings. The Balaban J connectivity index is 1.42. The fourth-order valence-corrected chi connectivity index (χ4v) is 4.02. The molecule has 0 saturated heterocycles. The molecule has 0 fully saturated rings. The van der Waals surface area contributed by atoms with Gasteiger partial charge < -0.3 is 5.32 Å². The largest absolute Gasteiger partial charge is 0.301 e. The minimum Gasteiger partial charge on any atom is -0.301 e. The Bertz CT molecular complexity index is 1020. The molecule has 1 N–H and O–H groups in total. The Morgan fingerprint density at radius 2 is 1.33 bits per heavy atom. The molecule has 0 aliphatic heterocycles. The third-order valence-corrected chi connectivity index (χ3v) is 5.44. The fraction of sp³-hybridized carbons (Fsp3) is 0.120. The first-order valence-corrected chi connectivity index (χ1v) is 10.8. The molecule has 30 heavy (non-hydrogen) atoms. The highest BCUT2D eigenvalue weighted by Crippen LogP contribution is 2.24. The first-order valence-electron chi connectivity index (χ1n) is 9.87. The van der Waals surface area contributed by atoms with E-state index >= 15 is 0 Å². The monoisotopic (exact) mass is 413 g/mol. The maximum atomic E-state index is 12.8. The van der Waals surface area contributed by atoms with Crippen molar-refractivity contribution >= 4 is 22.4 Å². The van der Waals surface area contributed by atoms with E-state index < -0.39 is 0 Å². The van der Waals surface area contributed by atoms with E-state index in [0.717, 1.165) is 11.3 Å². The van der Waals surface area contributed by atoms with Gasteiger partial charge in [-0.15, -0.1) is 11.3 Å². The average molecular weight is 414 g/mol. The van der Waals surface area contributed by atoms with E-state index in [-0.39, 0.29) is 5.91 Å². The number of nitrogens with one attached hydrogen (secondary N) is 1. The lowest BCUT2D eigenvalue weighted by Gasteiger charge is -2.22. The Morgan fingerprint density at radius 3 is 1.90 bits per heavy atom. The summed E-state index contributed by atoms with van der Waals surface area (Å²) in [6.45, 7) is 1.70. The highest BCUT2D eigenvalue weighted by Gasteiger charge is 2.14. The summed E-state index contributed by atoms with van der Waals surface area (Å²) in [6.07, 6.45) is 0. The predicted molar refractivity (Wildman–Crippen MR) is 123 cm³/mol. The maximum Gasteiger partial charge on any atom is 0.240 e. The van der Waals surface area contributed by atoms with Gasteiger partial charge >= 0.3 is 0 Å². The molecular weight excluding hydrogens is 390 g/mol. The zero-order chi connectivity index (χ0) is 20.6. The molecule has 0 saturated carbocycles. The summed E-state index contributed by atoms with van der Waals surface area (Å²) in [5.41, 5.74) is 4.29. The van der Waals surface area contributed by atoms with Crippen LogP contribution in [0.15, 0.2) is 96.4 Å². The van der Waals surface area contributed by atoms with Crippen molar-refractivity contribution in [2.45, 2.75) is 13.1 Å². The van der Waals surface area contributed by atoms with Gasteiger partial charge in [-0.1, -0.05) is 91.0 Å². The smallest absolute Gasteiger partial charge is 0.240 e. The van der Waals surface area contributed by atoms with Crippen molar-refractivity contribution in [1.82, 2.24) is 9.88 Å². The lowest BCUT2D eigenvalue weighted by Crippen LogP contribution is -2.32. The first-order chi connectivity index (χ1) is 14.8. The number of aromatic nitrogens is 1. The van der Waals surface area contributed by atoms with Crippen molar-refractivity contribution in [3.8, 4) is 11.3 Å². The van der Waals surface area contributed by atoms with Gasteiger partial charge in [0.05, 0.1) is 12.2 Å². The lowest BCUT2D eigenvalue weighted by atomic mass is 10.1. The van der Waals surface area contributed by atoms with E-state index in [0.29, 0.717) is 24.8 Å². The Hall–Kier alpha value is -3.28. The van der Waals surface area contributed by atoms with Crippen LogP contribution in [0.3, 0.4) is 0 Å². The molecule has 1 amide bonds. The van der Waals surface area contributed by atoms with Crippen LogP contribution in [0, 0.1) is 0 Å². The minimum atomic E-state index is -0.0594. The molecular formula is C25H23N3OS. The second-order valence-electron chi connectivity index (χ2n) is 7.07. The van der Waals surface area contributed by atoms with Crippen LogP contribution in [0.4, 0.5) is 5.13 Å². The van der Waals surface area contributed by atoms with Crippen molar-refractivity contribution in [3.63, 3.8) is 0 Å².